The van der Waals surface area contributed by atoms with Gasteiger partial charge in [0.15, 0.2) is 6.29 Å². The number of rotatable bonds is 15. The van der Waals surface area contributed by atoms with Gasteiger partial charge in [-0.15, -0.1) is 12.4 Å². The molecule has 0 saturated heterocycles. The standard InChI is InChI=1S/C32H49N7O7S.ClH/c1-20(2)18-39(47(44,45)22-13-14-23-24(16-22)36-30(35-23)38-31(43)46-7)19-26(40)25(15-21-11-9-8-10-12-21)34-29(42)28(32(3,4)5)37-27(41)17-33-6;/h8-14,16,20,25-26,28,30,33,35-36,40H,15,17-19H2,1-7H3,(H,34,42)(H,37,41)(H,38,43);1H/t25-,26+,28+,30?;/m0./s1. The minimum Gasteiger partial charge on any atom is -0.453 e. The molecule has 0 radical (unpaired) electrons. The van der Waals surface area contributed by atoms with Crippen LogP contribution in [0.3, 0.4) is 0 Å². The zero-order valence-electron chi connectivity index (χ0n) is 28.5. The third-order valence-corrected chi connectivity index (χ3v) is 9.32. The Morgan fingerprint density at radius 1 is 1.00 bits per heavy atom. The van der Waals surface area contributed by atoms with Crippen LogP contribution >= 0.6 is 12.4 Å². The van der Waals surface area contributed by atoms with E-state index in [2.05, 4.69) is 36.6 Å². The summed E-state index contributed by atoms with van der Waals surface area (Å²) in [5.74, 6) is -0.939. The van der Waals surface area contributed by atoms with Crippen molar-refractivity contribution in [3.05, 3.63) is 54.1 Å². The topological polar surface area (TPSA) is 190 Å². The van der Waals surface area contributed by atoms with Gasteiger partial charge in [-0.05, 0) is 48.6 Å². The van der Waals surface area contributed by atoms with Gasteiger partial charge >= 0.3 is 6.09 Å². The van der Waals surface area contributed by atoms with Gasteiger partial charge in [0.1, 0.15) is 6.04 Å². The Balaban J connectivity index is 0.00000800. The first-order chi connectivity index (χ1) is 22.0. The first-order valence-corrected chi connectivity index (χ1v) is 17.0. The van der Waals surface area contributed by atoms with E-state index in [1.165, 1.54) is 23.5 Å². The van der Waals surface area contributed by atoms with E-state index in [9.17, 15) is 27.9 Å². The van der Waals surface area contributed by atoms with Crippen LogP contribution in [0.25, 0.3) is 0 Å². The van der Waals surface area contributed by atoms with Crippen molar-refractivity contribution in [3.63, 3.8) is 0 Å². The normalized spacial score (nSPS) is 16.0. The average Bonchev–Trinajstić information content (AvgIpc) is 3.40. The van der Waals surface area contributed by atoms with Crippen molar-refractivity contribution in [2.45, 2.75) is 70.4 Å². The minimum absolute atomic E-state index is 0. The summed E-state index contributed by atoms with van der Waals surface area (Å²) in [6, 6.07) is 11.9. The molecular weight excluding hydrogens is 662 g/mol. The largest absolute Gasteiger partial charge is 0.453 e. The van der Waals surface area contributed by atoms with Gasteiger partial charge in [0.05, 0.1) is 42.1 Å². The number of hydrogen-bond donors (Lipinski definition) is 7. The van der Waals surface area contributed by atoms with E-state index < -0.39 is 51.9 Å². The zero-order valence-corrected chi connectivity index (χ0v) is 30.1. The molecule has 0 aromatic heterocycles. The second-order valence-corrected chi connectivity index (χ2v) is 15.0. The predicted molar refractivity (Wildman–Crippen MR) is 187 cm³/mol. The van der Waals surface area contributed by atoms with E-state index in [0.29, 0.717) is 11.4 Å². The Morgan fingerprint density at radius 2 is 1.65 bits per heavy atom. The number of hydrogen-bond acceptors (Lipinski definition) is 10. The molecule has 1 unspecified atom stereocenters. The SMILES string of the molecule is CNCC(=O)N[C@H](C(=O)N[C@@H](Cc1ccccc1)[C@H](O)CN(CC(C)C)S(=O)(=O)c1ccc2c(c1)NC(NC(=O)OC)N2)C(C)(C)C.Cl. The van der Waals surface area contributed by atoms with E-state index in [-0.39, 0.29) is 55.2 Å². The van der Waals surface area contributed by atoms with Gasteiger partial charge in [-0.25, -0.2) is 13.2 Å². The molecule has 16 heteroatoms. The number of amides is 3. The summed E-state index contributed by atoms with van der Waals surface area (Å²) in [5, 5.41) is 28.7. The van der Waals surface area contributed by atoms with E-state index in [1.54, 1.807) is 13.1 Å². The number of ether oxygens (including phenoxy) is 1. The number of benzene rings is 2. The molecule has 48 heavy (non-hydrogen) atoms. The van der Waals surface area contributed by atoms with Gasteiger partial charge < -0.3 is 36.4 Å². The van der Waals surface area contributed by atoms with Crippen molar-refractivity contribution >= 4 is 51.7 Å². The molecule has 268 valence electrons. The van der Waals surface area contributed by atoms with Crippen molar-refractivity contribution in [3.8, 4) is 0 Å². The van der Waals surface area contributed by atoms with Gasteiger partial charge in [0.2, 0.25) is 21.8 Å². The Morgan fingerprint density at radius 3 is 2.23 bits per heavy atom. The lowest BCUT2D eigenvalue weighted by Crippen LogP contribution is -2.59. The lowest BCUT2D eigenvalue weighted by Gasteiger charge is -2.34. The molecule has 0 saturated carbocycles. The molecule has 1 aliphatic heterocycles. The van der Waals surface area contributed by atoms with Gasteiger partial charge in [-0.2, -0.15) is 4.31 Å². The lowest BCUT2D eigenvalue weighted by atomic mass is 9.85. The van der Waals surface area contributed by atoms with E-state index >= 15 is 0 Å². The van der Waals surface area contributed by atoms with Crippen LogP contribution in [0.2, 0.25) is 0 Å². The van der Waals surface area contributed by atoms with Gasteiger partial charge in [-0.3, -0.25) is 14.9 Å². The summed E-state index contributed by atoms with van der Waals surface area (Å²) in [7, 11) is -1.27. The summed E-state index contributed by atoms with van der Waals surface area (Å²) >= 11 is 0. The molecule has 4 atom stereocenters. The Hall–Kier alpha value is -3.63. The van der Waals surface area contributed by atoms with Crippen LogP contribution in [0.5, 0.6) is 0 Å². The number of halogens is 1. The highest BCUT2D eigenvalue weighted by atomic mass is 35.5. The van der Waals surface area contributed by atoms with E-state index in [4.69, 9.17) is 0 Å². The number of fused-ring (bicyclic) bond motifs is 1. The molecule has 0 bridgehead atoms. The maximum absolute atomic E-state index is 14.1. The van der Waals surface area contributed by atoms with Crippen LogP contribution < -0.4 is 31.9 Å². The molecule has 7 N–H and O–H groups in total. The number of carbonyl (C=O) groups is 3. The predicted octanol–water partition coefficient (Wildman–Crippen LogP) is 2.07. The summed E-state index contributed by atoms with van der Waals surface area (Å²) in [4.78, 5) is 37.8. The summed E-state index contributed by atoms with van der Waals surface area (Å²) in [5.41, 5.74) is 1.21. The van der Waals surface area contributed by atoms with E-state index in [0.717, 1.165) is 5.56 Å². The van der Waals surface area contributed by atoms with Crippen molar-refractivity contribution in [2.75, 3.05) is 44.4 Å². The van der Waals surface area contributed by atoms with Crippen molar-refractivity contribution in [1.29, 1.82) is 0 Å². The third-order valence-electron chi connectivity index (χ3n) is 7.50. The number of alkyl carbamates (subject to hydrolysis) is 1. The molecule has 0 spiro atoms. The number of nitrogens with zero attached hydrogens (tertiary/aromatic N) is 1. The van der Waals surface area contributed by atoms with Crippen LogP contribution in [0.1, 0.15) is 40.2 Å². The van der Waals surface area contributed by atoms with Crippen LogP contribution in [-0.2, 0) is 30.8 Å². The van der Waals surface area contributed by atoms with Crippen LogP contribution in [0, 0.1) is 11.3 Å². The monoisotopic (exact) mass is 711 g/mol. The van der Waals surface area contributed by atoms with Crippen LogP contribution in [0.15, 0.2) is 53.4 Å². The molecule has 2 aromatic rings. The highest BCUT2D eigenvalue weighted by Gasteiger charge is 2.37. The molecule has 14 nitrogen and oxygen atoms in total. The Kier molecular flexibility index (Phi) is 14.9. The molecule has 3 rings (SSSR count). The Bertz CT molecular complexity index is 1490. The number of methoxy groups -OCH3 is 1. The number of sulfonamides is 1. The fraction of sp³-hybridized carbons (Fsp3) is 0.531. The summed E-state index contributed by atoms with van der Waals surface area (Å²) in [6.07, 6.45) is -2.47. The van der Waals surface area contributed by atoms with E-state index in [1.807, 2.05) is 65.0 Å². The zero-order chi connectivity index (χ0) is 34.9. The number of carbonyl (C=O) groups excluding carboxylic acids is 3. The molecule has 0 aliphatic carbocycles. The number of likely N-dealkylation sites (N-methyl/N-ethyl adjacent to an activating group) is 1. The number of anilines is 2. The molecule has 1 heterocycles. The first kappa shape index (κ1) is 40.5. The molecule has 0 fully saturated rings. The quantitative estimate of drug-likeness (QED) is 0.144. The smallest absolute Gasteiger partial charge is 0.409 e. The third kappa shape index (κ3) is 11.2. The maximum Gasteiger partial charge on any atom is 0.409 e. The second kappa shape index (κ2) is 17.7. The van der Waals surface area contributed by atoms with Gasteiger partial charge in [0.25, 0.3) is 0 Å². The molecule has 2 aromatic carbocycles. The lowest BCUT2D eigenvalue weighted by molar-refractivity contribution is -0.132. The first-order valence-electron chi connectivity index (χ1n) is 15.5. The average molecular weight is 712 g/mol. The van der Waals surface area contributed by atoms with Crippen LogP contribution in [-0.4, -0.2) is 94.0 Å². The number of nitrogens with one attached hydrogen (secondary N) is 6. The second-order valence-electron chi connectivity index (χ2n) is 13.0. The summed E-state index contributed by atoms with van der Waals surface area (Å²) in [6.45, 7) is 9.04. The van der Waals surface area contributed by atoms with Crippen molar-refractivity contribution < 1.29 is 32.6 Å². The number of aliphatic hydroxyl groups excluding tert-OH is 1. The molecule has 1 aliphatic rings. The fourth-order valence-corrected chi connectivity index (χ4v) is 6.80. The van der Waals surface area contributed by atoms with Crippen LogP contribution in [0.4, 0.5) is 16.2 Å². The van der Waals surface area contributed by atoms with Crippen molar-refractivity contribution in [2.24, 2.45) is 11.3 Å². The molecular formula is C32H50ClN7O7S. The Labute approximate surface area is 289 Å². The van der Waals surface area contributed by atoms with Gasteiger partial charge in [-0.1, -0.05) is 65.0 Å². The summed E-state index contributed by atoms with van der Waals surface area (Å²) < 4.78 is 34.0. The van der Waals surface area contributed by atoms with Gasteiger partial charge in [0, 0.05) is 13.1 Å². The highest BCUT2D eigenvalue weighted by molar-refractivity contribution is 7.89. The fourth-order valence-electron chi connectivity index (χ4n) is 5.15. The molecule has 3 amide bonds. The number of aliphatic hydroxyl groups is 1. The minimum atomic E-state index is -4.14. The maximum atomic E-state index is 14.1. The highest BCUT2D eigenvalue weighted by Crippen LogP contribution is 2.32. The van der Waals surface area contributed by atoms with Crippen molar-refractivity contribution in [1.82, 2.24) is 25.6 Å².